The smallest absolute Gasteiger partial charge is 0.253 e. The summed E-state index contributed by atoms with van der Waals surface area (Å²) in [6.45, 7) is 0.818. The van der Waals surface area contributed by atoms with E-state index in [1.807, 2.05) is 18.0 Å². The zero-order valence-electron chi connectivity index (χ0n) is 14.5. The van der Waals surface area contributed by atoms with Crippen LogP contribution in [-0.4, -0.2) is 34.2 Å². The Bertz CT molecular complexity index is 781. The fraction of sp³-hybridized carbons (Fsp3) is 0.421. The molecule has 1 aliphatic rings. The summed E-state index contributed by atoms with van der Waals surface area (Å²) in [6, 6.07) is 9.16. The highest BCUT2D eigenvalue weighted by Crippen LogP contribution is 2.24. The van der Waals surface area contributed by atoms with Crippen LogP contribution in [0.2, 0.25) is 0 Å². The maximum Gasteiger partial charge on any atom is 0.253 e. The van der Waals surface area contributed by atoms with Gasteiger partial charge in [0.25, 0.3) is 5.91 Å². The second-order valence-electron chi connectivity index (χ2n) is 6.70. The summed E-state index contributed by atoms with van der Waals surface area (Å²) in [4.78, 5) is 14.4. The number of nitrogen functional groups attached to an aromatic ring is 1. The van der Waals surface area contributed by atoms with Crippen molar-refractivity contribution in [1.29, 1.82) is 5.26 Å². The van der Waals surface area contributed by atoms with Crippen LogP contribution in [0.4, 0.5) is 5.82 Å². The summed E-state index contributed by atoms with van der Waals surface area (Å²) < 4.78 is 1.50. The Morgan fingerprint density at radius 2 is 2.00 bits per heavy atom. The molecule has 0 bridgehead atoms. The molecule has 1 aromatic carbocycles. The van der Waals surface area contributed by atoms with Crippen LogP contribution in [0.3, 0.4) is 0 Å². The van der Waals surface area contributed by atoms with E-state index in [1.165, 1.54) is 43.0 Å². The lowest BCUT2D eigenvalue weighted by Crippen LogP contribution is -2.32. The van der Waals surface area contributed by atoms with Gasteiger partial charge in [0.1, 0.15) is 17.5 Å². The molecule has 0 radical (unpaired) electrons. The number of rotatable bonds is 4. The van der Waals surface area contributed by atoms with Crippen molar-refractivity contribution in [3.8, 4) is 11.8 Å². The number of hydrogen-bond acceptors (Lipinski definition) is 4. The first kappa shape index (κ1) is 17.0. The summed E-state index contributed by atoms with van der Waals surface area (Å²) in [6.07, 6.45) is 7.74. The zero-order chi connectivity index (χ0) is 17.8. The van der Waals surface area contributed by atoms with Crippen molar-refractivity contribution < 1.29 is 4.79 Å². The van der Waals surface area contributed by atoms with Crippen LogP contribution in [0.5, 0.6) is 0 Å². The van der Waals surface area contributed by atoms with Gasteiger partial charge in [-0.05, 0) is 43.0 Å². The number of anilines is 1. The molecule has 1 heterocycles. The Kier molecular flexibility index (Phi) is 5.03. The number of carbonyl (C=O) groups is 1. The highest BCUT2D eigenvalue weighted by molar-refractivity contribution is 5.94. The average molecular weight is 337 g/mol. The number of nitrogens with two attached hydrogens (primary N) is 1. The maximum atomic E-state index is 12.6. The number of nitrogens with zero attached hydrogens (tertiary/aromatic N) is 4. The van der Waals surface area contributed by atoms with Crippen LogP contribution in [-0.2, 0) is 0 Å². The Balaban J connectivity index is 1.69. The van der Waals surface area contributed by atoms with Crippen molar-refractivity contribution in [2.75, 3.05) is 19.3 Å². The van der Waals surface area contributed by atoms with Crippen molar-refractivity contribution >= 4 is 11.7 Å². The lowest BCUT2D eigenvalue weighted by Gasteiger charge is -2.27. The Morgan fingerprint density at radius 1 is 1.32 bits per heavy atom. The van der Waals surface area contributed by atoms with Gasteiger partial charge in [-0.25, -0.2) is 4.68 Å². The summed E-state index contributed by atoms with van der Waals surface area (Å²) in [5, 5.41) is 13.1. The van der Waals surface area contributed by atoms with Gasteiger partial charge < -0.3 is 10.6 Å². The summed E-state index contributed by atoms with van der Waals surface area (Å²) in [5.41, 5.74) is 7.61. The number of aromatic nitrogens is 2. The molecule has 0 spiro atoms. The standard InChI is InChI=1S/C19H23N5O/c1-23(13-14-5-3-2-4-6-14)19(25)15-7-9-17(10-8-15)24-18(21)16(11-20)12-22-24/h7-10,12,14H,2-6,13,21H2,1H3. The average Bonchev–Trinajstić information content (AvgIpc) is 3.02. The largest absolute Gasteiger partial charge is 0.382 e. The van der Waals surface area contributed by atoms with E-state index in [2.05, 4.69) is 5.10 Å². The molecule has 3 rings (SSSR count). The first-order valence-electron chi connectivity index (χ1n) is 8.69. The molecule has 0 aliphatic heterocycles. The summed E-state index contributed by atoms with van der Waals surface area (Å²) >= 11 is 0. The second-order valence-corrected chi connectivity index (χ2v) is 6.70. The van der Waals surface area contributed by atoms with Gasteiger partial charge in [-0.2, -0.15) is 10.4 Å². The summed E-state index contributed by atoms with van der Waals surface area (Å²) in [7, 11) is 1.87. The molecule has 130 valence electrons. The molecule has 6 nitrogen and oxygen atoms in total. The van der Waals surface area contributed by atoms with E-state index in [0.717, 1.165) is 12.2 Å². The van der Waals surface area contributed by atoms with Gasteiger partial charge in [0.05, 0.1) is 11.9 Å². The predicted molar refractivity (Wildman–Crippen MR) is 96.2 cm³/mol. The molecule has 1 amide bonds. The minimum atomic E-state index is 0.0308. The molecule has 6 heteroatoms. The molecule has 0 unspecified atom stereocenters. The minimum Gasteiger partial charge on any atom is -0.382 e. The molecular weight excluding hydrogens is 314 g/mol. The fourth-order valence-electron chi connectivity index (χ4n) is 3.46. The molecular formula is C19H23N5O. The number of hydrogen-bond donors (Lipinski definition) is 1. The normalized spacial score (nSPS) is 14.9. The van der Waals surface area contributed by atoms with Crippen LogP contribution < -0.4 is 5.73 Å². The lowest BCUT2D eigenvalue weighted by molar-refractivity contribution is 0.0760. The molecule has 1 fully saturated rings. The highest BCUT2D eigenvalue weighted by Gasteiger charge is 2.19. The number of amides is 1. The number of benzene rings is 1. The molecule has 0 atom stereocenters. The van der Waals surface area contributed by atoms with Gasteiger partial charge in [0, 0.05) is 19.2 Å². The van der Waals surface area contributed by atoms with Crippen LogP contribution in [0.1, 0.15) is 48.0 Å². The first-order valence-corrected chi connectivity index (χ1v) is 8.69. The molecule has 25 heavy (non-hydrogen) atoms. The number of carbonyl (C=O) groups excluding carboxylic acids is 1. The molecule has 0 saturated heterocycles. The van der Waals surface area contributed by atoms with E-state index < -0.39 is 0 Å². The second kappa shape index (κ2) is 7.39. The van der Waals surface area contributed by atoms with Crippen LogP contribution >= 0.6 is 0 Å². The lowest BCUT2D eigenvalue weighted by atomic mass is 9.89. The monoisotopic (exact) mass is 337 g/mol. The van der Waals surface area contributed by atoms with Crippen molar-refractivity contribution in [3.05, 3.63) is 41.6 Å². The number of nitriles is 1. The third-order valence-corrected chi connectivity index (χ3v) is 4.89. The van der Waals surface area contributed by atoms with E-state index in [-0.39, 0.29) is 5.91 Å². The summed E-state index contributed by atoms with van der Waals surface area (Å²) in [5.74, 6) is 0.953. The maximum absolute atomic E-state index is 12.6. The molecule has 1 aromatic heterocycles. The molecule has 1 saturated carbocycles. The zero-order valence-corrected chi connectivity index (χ0v) is 14.5. The first-order chi connectivity index (χ1) is 12.1. The van der Waals surface area contributed by atoms with Crippen molar-refractivity contribution in [3.63, 3.8) is 0 Å². The van der Waals surface area contributed by atoms with Crippen LogP contribution in [0.15, 0.2) is 30.5 Å². The topological polar surface area (TPSA) is 87.9 Å². The van der Waals surface area contributed by atoms with Crippen molar-refractivity contribution in [2.45, 2.75) is 32.1 Å². The third-order valence-electron chi connectivity index (χ3n) is 4.89. The minimum absolute atomic E-state index is 0.0308. The SMILES string of the molecule is CN(CC1CCCCC1)C(=O)c1ccc(-n2ncc(C#N)c2N)cc1. The predicted octanol–water partition coefficient (Wildman–Crippen LogP) is 2.98. The van der Waals surface area contributed by atoms with E-state index in [4.69, 9.17) is 11.0 Å². The van der Waals surface area contributed by atoms with Gasteiger partial charge in [0.15, 0.2) is 0 Å². The van der Waals surface area contributed by atoms with Gasteiger partial charge in [-0.1, -0.05) is 19.3 Å². The third kappa shape index (κ3) is 3.66. The molecule has 2 aromatic rings. The van der Waals surface area contributed by atoms with Gasteiger partial charge in [0.2, 0.25) is 0 Å². The Labute approximate surface area is 147 Å². The van der Waals surface area contributed by atoms with Gasteiger partial charge in [-0.3, -0.25) is 4.79 Å². The Morgan fingerprint density at radius 3 is 2.60 bits per heavy atom. The van der Waals surface area contributed by atoms with Crippen molar-refractivity contribution in [2.24, 2.45) is 5.92 Å². The quantitative estimate of drug-likeness (QED) is 0.929. The van der Waals surface area contributed by atoms with Gasteiger partial charge >= 0.3 is 0 Å². The van der Waals surface area contributed by atoms with Crippen LogP contribution in [0.25, 0.3) is 5.69 Å². The molecule has 1 aliphatic carbocycles. The van der Waals surface area contributed by atoms with E-state index >= 15 is 0 Å². The van der Waals surface area contributed by atoms with E-state index in [9.17, 15) is 4.79 Å². The fourth-order valence-corrected chi connectivity index (χ4v) is 3.46. The van der Waals surface area contributed by atoms with Crippen molar-refractivity contribution in [1.82, 2.24) is 14.7 Å². The van der Waals surface area contributed by atoms with E-state index in [0.29, 0.717) is 22.9 Å². The highest BCUT2D eigenvalue weighted by atomic mass is 16.2. The van der Waals surface area contributed by atoms with E-state index in [1.54, 1.807) is 24.3 Å². The Hall–Kier alpha value is -2.81. The van der Waals surface area contributed by atoms with Crippen LogP contribution in [0, 0.1) is 17.2 Å². The molecule has 2 N–H and O–H groups in total. The van der Waals surface area contributed by atoms with Gasteiger partial charge in [-0.15, -0.1) is 0 Å².